The van der Waals surface area contributed by atoms with Gasteiger partial charge in [-0.2, -0.15) is 0 Å². The highest BCUT2D eigenvalue weighted by atomic mass is 32.1. The molecule has 8 heteroatoms. The van der Waals surface area contributed by atoms with Gasteiger partial charge >= 0.3 is 0 Å². The highest BCUT2D eigenvalue weighted by Crippen LogP contribution is 2.31. The van der Waals surface area contributed by atoms with Crippen molar-refractivity contribution in [3.05, 3.63) is 90.0 Å². The van der Waals surface area contributed by atoms with E-state index in [0.29, 0.717) is 15.9 Å². The number of carbonyl (C=O) groups excluding carboxylic acids is 1. The lowest BCUT2D eigenvalue weighted by atomic mass is 10.0. The average molecular weight is 503 g/mol. The third-order valence-corrected chi connectivity index (χ3v) is 7.13. The third kappa shape index (κ3) is 6.22. The van der Waals surface area contributed by atoms with E-state index in [4.69, 9.17) is 17.0 Å². The van der Waals surface area contributed by atoms with Gasteiger partial charge in [-0.25, -0.2) is 4.98 Å². The Labute approximate surface area is 213 Å². The van der Waals surface area contributed by atoms with E-state index in [1.807, 2.05) is 48.5 Å². The van der Waals surface area contributed by atoms with Gasteiger partial charge in [0.15, 0.2) is 5.11 Å². The number of para-hydroxylation sites is 1. The fourth-order valence-corrected chi connectivity index (χ4v) is 5.23. The van der Waals surface area contributed by atoms with E-state index in [-0.39, 0.29) is 11.9 Å². The summed E-state index contributed by atoms with van der Waals surface area (Å²) in [5, 5.41) is 7.12. The summed E-state index contributed by atoms with van der Waals surface area (Å²) in [7, 11) is 0. The number of hydrogen-bond acceptors (Lipinski definition) is 6. The molecule has 1 aliphatic heterocycles. The molecule has 1 saturated heterocycles. The number of amides is 1. The van der Waals surface area contributed by atoms with Gasteiger partial charge in [-0.3, -0.25) is 15.0 Å². The van der Waals surface area contributed by atoms with Gasteiger partial charge in [-0.1, -0.05) is 53.8 Å². The molecule has 0 unspecified atom stereocenters. The summed E-state index contributed by atoms with van der Waals surface area (Å²) < 4.78 is 7.08. The first-order valence-electron chi connectivity index (χ1n) is 11.6. The zero-order valence-corrected chi connectivity index (χ0v) is 20.8. The molecule has 0 saturated carbocycles. The zero-order valence-electron chi connectivity index (χ0n) is 19.1. The summed E-state index contributed by atoms with van der Waals surface area (Å²) in [6.45, 7) is 2.83. The lowest BCUT2D eigenvalue weighted by Gasteiger charge is -2.32. The molecule has 0 bridgehead atoms. The fraction of sp³-hybridized carbons (Fsp3) is 0.222. The molecule has 1 amide bonds. The van der Waals surface area contributed by atoms with Gasteiger partial charge in [0.2, 0.25) is 0 Å². The number of benzene rings is 3. The van der Waals surface area contributed by atoms with Crippen LogP contribution in [0.4, 0.5) is 0 Å². The Hall–Kier alpha value is -3.33. The minimum atomic E-state index is -0.184. The number of thiocarbonyl (C=S) groups is 1. The van der Waals surface area contributed by atoms with Crippen LogP contribution in [0.3, 0.4) is 0 Å². The second kappa shape index (κ2) is 10.9. The highest BCUT2D eigenvalue weighted by Gasteiger charge is 2.20. The van der Waals surface area contributed by atoms with Crippen LogP contribution in [0.2, 0.25) is 0 Å². The van der Waals surface area contributed by atoms with Crippen molar-refractivity contribution >= 4 is 44.8 Å². The summed E-state index contributed by atoms with van der Waals surface area (Å²) in [4.78, 5) is 19.2. The van der Waals surface area contributed by atoms with E-state index in [1.54, 1.807) is 23.5 Å². The first-order valence-corrected chi connectivity index (χ1v) is 12.9. The lowest BCUT2D eigenvalue weighted by Crippen LogP contribution is -2.48. The Balaban J connectivity index is 1.06. The quantitative estimate of drug-likeness (QED) is 0.346. The molecule has 178 valence electrons. The van der Waals surface area contributed by atoms with Crippen molar-refractivity contribution in [1.82, 2.24) is 20.5 Å². The molecule has 5 rings (SSSR count). The van der Waals surface area contributed by atoms with Gasteiger partial charge in [0.1, 0.15) is 5.75 Å². The number of piperidine rings is 1. The second-order valence-corrected chi connectivity index (χ2v) is 9.94. The molecule has 3 aromatic carbocycles. The van der Waals surface area contributed by atoms with Crippen LogP contribution in [0.1, 0.15) is 28.8 Å². The van der Waals surface area contributed by atoms with Crippen LogP contribution in [0, 0.1) is 0 Å². The molecule has 0 atom stereocenters. The number of carbonyl (C=O) groups is 1. The summed E-state index contributed by atoms with van der Waals surface area (Å²) in [6.07, 6.45) is 1.94. The van der Waals surface area contributed by atoms with Crippen molar-refractivity contribution in [2.45, 2.75) is 25.4 Å². The standard InChI is InChI=1S/C27H26N4O2S2/c32-25(20-6-2-1-3-7-20)30-26(34)28-21-14-16-31(17-15-21)18-19-10-12-22(13-11-19)33-27-29-23-8-4-5-9-24(23)35-27/h1-13,21H,14-18H2,(H2,28,30,32,34). The van der Waals surface area contributed by atoms with Crippen LogP contribution in [0.25, 0.3) is 10.2 Å². The Bertz CT molecular complexity index is 1270. The van der Waals surface area contributed by atoms with Crippen molar-refractivity contribution in [3.63, 3.8) is 0 Å². The predicted octanol–water partition coefficient (Wildman–Crippen LogP) is 5.36. The molecule has 0 radical (unpaired) electrons. The van der Waals surface area contributed by atoms with Crippen LogP contribution in [-0.2, 0) is 6.54 Å². The fourth-order valence-electron chi connectivity index (χ4n) is 4.14. The first kappa shape index (κ1) is 23.4. The molecule has 2 N–H and O–H groups in total. The van der Waals surface area contributed by atoms with Crippen LogP contribution in [0.5, 0.6) is 10.9 Å². The van der Waals surface area contributed by atoms with Crippen LogP contribution >= 0.6 is 23.6 Å². The Morgan fingerprint density at radius 1 is 1.00 bits per heavy atom. The third-order valence-electron chi connectivity index (χ3n) is 5.99. The number of aromatic nitrogens is 1. The number of ether oxygens (including phenoxy) is 1. The van der Waals surface area contributed by atoms with Crippen LogP contribution < -0.4 is 15.4 Å². The number of likely N-dealkylation sites (tertiary alicyclic amines) is 1. The number of nitrogens with one attached hydrogen (secondary N) is 2. The number of rotatable bonds is 6. The molecule has 1 aliphatic rings. The molecular weight excluding hydrogens is 476 g/mol. The van der Waals surface area contributed by atoms with Crippen LogP contribution in [-0.4, -0.2) is 40.0 Å². The second-order valence-electron chi connectivity index (χ2n) is 8.54. The Morgan fingerprint density at radius 3 is 2.46 bits per heavy atom. The maximum absolute atomic E-state index is 12.3. The van der Waals surface area contributed by atoms with E-state index < -0.39 is 0 Å². The minimum absolute atomic E-state index is 0.184. The summed E-state index contributed by atoms with van der Waals surface area (Å²) in [5.41, 5.74) is 2.81. The molecule has 0 spiro atoms. The van der Waals surface area contributed by atoms with Crippen LogP contribution in [0.15, 0.2) is 78.9 Å². The molecule has 2 heterocycles. The Morgan fingerprint density at radius 2 is 1.71 bits per heavy atom. The highest BCUT2D eigenvalue weighted by molar-refractivity contribution is 7.80. The van der Waals surface area contributed by atoms with E-state index >= 15 is 0 Å². The van der Waals surface area contributed by atoms with Gasteiger partial charge in [0, 0.05) is 31.2 Å². The van der Waals surface area contributed by atoms with Gasteiger partial charge in [-0.15, -0.1) is 0 Å². The monoisotopic (exact) mass is 502 g/mol. The Kier molecular flexibility index (Phi) is 7.32. The molecule has 4 aromatic rings. The average Bonchev–Trinajstić information content (AvgIpc) is 3.29. The van der Waals surface area contributed by atoms with Crippen molar-refractivity contribution in [3.8, 4) is 10.9 Å². The van der Waals surface area contributed by atoms with Crippen molar-refractivity contribution in [2.24, 2.45) is 0 Å². The maximum Gasteiger partial charge on any atom is 0.279 e. The molecular formula is C27H26N4O2S2. The molecule has 1 fully saturated rings. The van der Waals surface area contributed by atoms with Crippen molar-refractivity contribution in [1.29, 1.82) is 0 Å². The number of hydrogen-bond donors (Lipinski definition) is 2. The molecule has 6 nitrogen and oxygen atoms in total. The number of nitrogens with zero attached hydrogens (tertiary/aromatic N) is 2. The minimum Gasteiger partial charge on any atom is -0.431 e. The molecule has 35 heavy (non-hydrogen) atoms. The zero-order chi connectivity index (χ0) is 24.0. The van der Waals surface area contributed by atoms with Gasteiger partial charge < -0.3 is 10.1 Å². The van der Waals surface area contributed by atoms with Gasteiger partial charge in [-0.05, 0) is 67.0 Å². The molecule has 0 aliphatic carbocycles. The van der Waals surface area contributed by atoms with Crippen molar-refractivity contribution < 1.29 is 9.53 Å². The topological polar surface area (TPSA) is 66.5 Å². The SMILES string of the molecule is O=C(NC(=S)NC1CCN(Cc2ccc(Oc3nc4ccccc4s3)cc2)CC1)c1ccccc1. The lowest BCUT2D eigenvalue weighted by molar-refractivity contribution is 0.0976. The maximum atomic E-state index is 12.3. The summed E-state index contributed by atoms with van der Waals surface area (Å²) in [5.74, 6) is 0.609. The van der Waals surface area contributed by atoms with E-state index in [0.717, 1.165) is 48.4 Å². The van der Waals surface area contributed by atoms with Gasteiger partial charge in [0.05, 0.1) is 10.2 Å². The number of thiazole rings is 1. The summed E-state index contributed by atoms with van der Waals surface area (Å²) >= 11 is 6.90. The normalized spacial score (nSPS) is 14.5. The molecule has 1 aromatic heterocycles. The largest absolute Gasteiger partial charge is 0.431 e. The summed E-state index contributed by atoms with van der Waals surface area (Å²) in [6, 6.07) is 25.6. The van der Waals surface area contributed by atoms with Gasteiger partial charge in [0.25, 0.3) is 11.1 Å². The smallest absolute Gasteiger partial charge is 0.279 e. The van der Waals surface area contributed by atoms with E-state index in [1.165, 1.54) is 5.56 Å². The van der Waals surface area contributed by atoms with Crippen molar-refractivity contribution in [2.75, 3.05) is 13.1 Å². The predicted molar refractivity (Wildman–Crippen MR) is 144 cm³/mol. The van der Waals surface area contributed by atoms with E-state index in [9.17, 15) is 4.79 Å². The first-order chi connectivity index (χ1) is 17.1. The number of fused-ring (bicyclic) bond motifs is 1. The van der Waals surface area contributed by atoms with E-state index in [2.05, 4.69) is 38.7 Å².